The van der Waals surface area contributed by atoms with Crippen molar-refractivity contribution in [1.82, 2.24) is 9.78 Å². The first-order chi connectivity index (χ1) is 17.7. The molecule has 4 rings (SSSR count). The average molecular weight is 504 g/mol. The number of halogens is 1. The Bertz CT molecular complexity index is 1370. The van der Waals surface area contributed by atoms with E-state index in [0.29, 0.717) is 12.3 Å². The second kappa shape index (κ2) is 10.8. The van der Waals surface area contributed by atoms with Crippen LogP contribution in [0.3, 0.4) is 0 Å². The van der Waals surface area contributed by atoms with Crippen LogP contribution < -0.4 is 10.1 Å². The normalized spacial score (nSPS) is 12.2. The third-order valence-electron chi connectivity index (χ3n) is 6.12. The number of rotatable bonds is 10. The standard InChI is InChI=1S/C29H30FN3O4/c1-19(20-8-6-5-7-9-20)36-18-31-27-24(17-32-33(27)4)22-12-10-21(11-13-22)23-14-15-26(25(30)16-23)37-29(2,3)28(34)35/h5-17,19,31H,18H2,1-4H3,(H,34,35). The fourth-order valence-corrected chi connectivity index (χ4v) is 3.84. The summed E-state index contributed by atoms with van der Waals surface area (Å²) < 4.78 is 27.7. The molecule has 37 heavy (non-hydrogen) atoms. The predicted molar refractivity (Wildman–Crippen MR) is 141 cm³/mol. The largest absolute Gasteiger partial charge is 0.478 e. The molecule has 7 nitrogen and oxygen atoms in total. The maximum Gasteiger partial charge on any atom is 0.347 e. The molecule has 0 fully saturated rings. The molecule has 3 aromatic carbocycles. The van der Waals surface area contributed by atoms with Crippen LogP contribution in [0.1, 0.15) is 32.4 Å². The number of nitrogens with one attached hydrogen (secondary N) is 1. The summed E-state index contributed by atoms with van der Waals surface area (Å²) in [5.74, 6) is -1.09. The van der Waals surface area contributed by atoms with Crippen LogP contribution >= 0.6 is 0 Å². The van der Waals surface area contributed by atoms with Crippen LogP contribution in [0.4, 0.5) is 10.2 Å². The second-order valence-corrected chi connectivity index (χ2v) is 9.21. The smallest absolute Gasteiger partial charge is 0.347 e. The molecule has 0 aliphatic rings. The average Bonchev–Trinajstić information content (AvgIpc) is 3.25. The molecule has 4 aromatic rings. The molecule has 0 radical (unpaired) electrons. The fraction of sp³-hybridized carbons (Fsp3) is 0.241. The Hall–Kier alpha value is -4.17. The van der Waals surface area contributed by atoms with Crippen molar-refractivity contribution in [3.05, 3.63) is 90.4 Å². The van der Waals surface area contributed by atoms with Gasteiger partial charge in [0.1, 0.15) is 12.5 Å². The molecule has 1 atom stereocenters. The minimum absolute atomic E-state index is 0.0583. The van der Waals surface area contributed by atoms with Gasteiger partial charge in [0.2, 0.25) is 0 Å². The van der Waals surface area contributed by atoms with Gasteiger partial charge in [0, 0.05) is 12.6 Å². The monoisotopic (exact) mass is 503 g/mol. The highest BCUT2D eigenvalue weighted by atomic mass is 19.1. The van der Waals surface area contributed by atoms with Crippen molar-refractivity contribution in [2.45, 2.75) is 32.5 Å². The number of aryl methyl sites for hydroxylation is 1. The second-order valence-electron chi connectivity index (χ2n) is 9.21. The van der Waals surface area contributed by atoms with Crippen molar-refractivity contribution < 1.29 is 23.8 Å². The van der Waals surface area contributed by atoms with E-state index in [1.54, 1.807) is 16.9 Å². The van der Waals surface area contributed by atoms with Crippen LogP contribution in [-0.2, 0) is 16.6 Å². The Labute approximate surface area is 215 Å². The van der Waals surface area contributed by atoms with E-state index in [-0.39, 0.29) is 11.9 Å². The van der Waals surface area contributed by atoms with Gasteiger partial charge in [-0.1, -0.05) is 60.7 Å². The molecule has 0 aliphatic carbocycles. The van der Waals surface area contributed by atoms with E-state index in [0.717, 1.165) is 28.1 Å². The predicted octanol–water partition coefficient (Wildman–Crippen LogP) is 6.28. The van der Waals surface area contributed by atoms with Crippen molar-refractivity contribution in [1.29, 1.82) is 0 Å². The van der Waals surface area contributed by atoms with Gasteiger partial charge in [-0.2, -0.15) is 5.10 Å². The van der Waals surface area contributed by atoms with Crippen molar-refractivity contribution in [3.63, 3.8) is 0 Å². The summed E-state index contributed by atoms with van der Waals surface area (Å²) in [6, 6.07) is 22.2. The Morgan fingerprint density at radius 2 is 1.70 bits per heavy atom. The lowest BCUT2D eigenvalue weighted by molar-refractivity contribution is -0.152. The number of carbonyl (C=O) groups is 1. The minimum atomic E-state index is -1.54. The zero-order chi connectivity index (χ0) is 26.6. The molecule has 0 saturated carbocycles. The lowest BCUT2D eigenvalue weighted by atomic mass is 10.0. The molecule has 0 spiro atoms. The number of anilines is 1. The molecule has 0 aliphatic heterocycles. The molecule has 2 N–H and O–H groups in total. The van der Waals surface area contributed by atoms with E-state index < -0.39 is 17.4 Å². The lowest BCUT2D eigenvalue weighted by Crippen LogP contribution is -2.38. The number of aliphatic carboxylic acids is 1. The Morgan fingerprint density at radius 1 is 1.05 bits per heavy atom. The number of ether oxygens (including phenoxy) is 2. The summed E-state index contributed by atoms with van der Waals surface area (Å²) in [5, 5.41) is 16.9. The van der Waals surface area contributed by atoms with Gasteiger partial charge in [0.05, 0.1) is 12.3 Å². The van der Waals surface area contributed by atoms with Gasteiger partial charge in [0.15, 0.2) is 17.2 Å². The first-order valence-electron chi connectivity index (χ1n) is 11.9. The topological polar surface area (TPSA) is 85.6 Å². The van der Waals surface area contributed by atoms with Crippen molar-refractivity contribution in [2.75, 3.05) is 12.0 Å². The maximum absolute atomic E-state index is 14.7. The van der Waals surface area contributed by atoms with E-state index in [4.69, 9.17) is 9.47 Å². The summed E-state index contributed by atoms with van der Waals surface area (Å²) in [6.45, 7) is 5.07. The first kappa shape index (κ1) is 25.9. The first-order valence-corrected chi connectivity index (χ1v) is 11.9. The lowest BCUT2D eigenvalue weighted by Gasteiger charge is -2.22. The van der Waals surface area contributed by atoms with Gasteiger partial charge >= 0.3 is 5.97 Å². The zero-order valence-electron chi connectivity index (χ0n) is 21.2. The highest BCUT2D eigenvalue weighted by molar-refractivity contribution is 5.78. The Kier molecular flexibility index (Phi) is 7.59. The van der Waals surface area contributed by atoms with Gasteiger partial charge in [-0.05, 0) is 55.2 Å². The molecular weight excluding hydrogens is 473 g/mol. The third-order valence-corrected chi connectivity index (χ3v) is 6.12. The molecular formula is C29H30FN3O4. The highest BCUT2D eigenvalue weighted by Crippen LogP contribution is 2.32. The van der Waals surface area contributed by atoms with Crippen LogP contribution in [-0.4, -0.2) is 33.2 Å². The van der Waals surface area contributed by atoms with Crippen molar-refractivity contribution in [2.24, 2.45) is 7.05 Å². The molecule has 8 heteroatoms. The van der Waals surface area contributed by atoms with E-state index in [1.807, 2.05) is 68.6 Å². The summed E-state index contributed by atoms with van der Waals surface area (Å²) in [7, 11) is 1.86. The number of hydrogen-bond donors (Lipinski definition) is 2. The van der Waals surface area contributed by atoms with Crippen LogP contribution in [0.5, 0.6) is 5.75 Å². The highest BCUT2D eigenvalue weighted by Gasteiger charge is 2.30. The molecule has 1 aromatic heterocycles. The van der Waals surface area contributed by atoms with E-state index in [1.165, 1.54) is 26.0 Å². The Morgan fingerprint density at radius 3 is 2.35 bits per heavy atom. The summed E-state index contributed by atoms with van der Waals surface area (Å²) in [4.78, 5) is 11.3. The summed E-state index contributed by atoms with van der Waals surface area (Å²) >= 11 is 0. The number of nitrogens with zero attached hydrogens (tertiary/aromatic N) is 2. The molecule has 1 heterocycles. The van der Waals surface area contributed by atoms with Crippen LogP contribution in [0.15, 0.2) is 79.0 Å². The molecule has 0 amide bonds. The van der Waals surface area contributed by atoms with Crippen LogP contribution in [0.2, 0.25) is 0 Å². The number of hydrogen-bond acceptors (Lipinski definition) is 5. The minimum Gasteiger partial charge on any atom is -0.478 e. The molecule has 0 bridgehead atoms. The zero-order valence-corrected chi connectivity index (χ0v) is 21.2. The number of carboxylic acids is 1. The fourth-order valence-electron chi connectivity index (χ4n) is 3.84. The summed E-state index contributed by atoms with van der Waals surface area (Å²) in [5.41, 5.74) is 2.88. The van der Waals surface area contributed by atoms with Crippen molar-refractivity contribution >= 4 is 11.8 Å². The van der Waals surface area contributed by atoms with Gasteiger partial charge < -0.3 is 19.9 Å². The van der Waals surface area contributed by atoms with E-state index in [9.17, 15) is 14.3 Å². The number of aromatic nitrogens is 2. The maximum atomic E-state index is 14.7. The quantitative estimate of drug-likeness (QED) is 0.248. The molecule has 192 valence electrons. The van der Waals surface area contributed by atoms with Crippen LogP contribution in [0, 0.1) is 5.82 Å². The van der Waals surface area contributed by atoms with Gasteiger partial charge in [-0.25, -0.2) is 9.18 Å². The van der Waals surface area contributed by atoms with Gasteiger partial charge in [-0.15, -0.1) is 0 Å². The van der Waals surface area contributed by atoms with Gasteiger partial charge in [0.25, 0.3) is 0 Å². The van der Waals surface area contributed by atoms with E-state index in [2.05, 4.69) is 10.4 Å². The summed E-state index contributed by atoms with van der Waals surface area (Å²) in [6.07, 6.45) is 1.73. The Balaban J connectivity index is 1.46. The molecule has 1 unspecified atom stereocenters. The van der Waals surface area contributed by atoms with Crippen molar-refractivity contribution in [3.8, 4) is 28.0 Å². The van der Waals surface area contributed by atoms with E-state index >= 15 is 0 Å². The van der Waals surface area contributed by atoms with Crippen LogP contribution in [0.25, 0.3) is 22.3 Å². The van der Waals surface area contributed by atoms with Gasteiger partial charge in [-0.3, -0.25) is 4.68 Å². The SMILES string of the molecule is CC(OCNc1c(-c2ccc(-c3ccc(OC(C)(C)C(=O)O)c(F)c3)cc2)cnn1C)c1ccccc1. The number of benzene rings is 3. The molecule has 0 saturated heterocycles. The third kappa shape index (κ3) is 5.98. The number of carboxylic acid groups (broad SMARTS) is 1.